The number of hydrogen-bond acceptors (Lipinski definition) is 3. The highest BCUT2D eigenvalue weighted by atomic mass is 16.5. The van der Waals surface area contributed by atoms with Crippen LogP contribution in [0.5, 0.6) is 5.75 Å². The smallest absolute Gasteiger partial charge is 0.315 e. The van der Waals surface area contributed by atoms with E-state index in [-0.39, 0.29) is 6.42 Å². The number of hydrogen-bond donors (Lipinski definition) is 2. The van der Waals surface area contributed by atoms with Crippen LogP contribution >= 0.6 is 0 Å². The minimum atomic E-state index is -1.34. The van der Waals surface area contributed by atoms with Crippen molar-refractivity contribution in [3.63, 3.8) is 0 Å². The van der Waals surface area contributed by atoms with Crippen molar-refractivity contribution in [3.05, 3.63) is 29.3 Å². The lowest BCUT2D eigenvalue weighted by molar-refractivity contribution is -0.145. The average molecular weight is 264 g/mol. The average Bonchev–Trinajstić information content (AvgIpc) is 3.14. The summed E-state index contributed by atoms with van der Waals surface area (Å²) in [7, 11) is 1.46. The Labute approximate surface area is 110 Å². The summed E-state index contributed by atoms with van der Waals surface area (Å²) >= 11 is 0. The molecule has 1 aromatic carbocycles. The number of carboxylic acid groups (broad SMARTS) is 2. The molecule has 1 aliphatic carbocycles. The molecule has 102 valence electrons. The number of aliphatic carboxylic acids is 2. The minimum absolute atomic E-state index is 0.112. The van der Waals surface area contributed by atoms with Crippen molar-refractivity contribution >= 4 is 11.9 Å². The van der Waals surface area contributed by atoms with Crippen LogP contribution in [0.2, 0.25) is 0 Å². The molecule has 0 saturated heterocycles. The largest absolute Gasteiger partial charge is 0.496 e. The van der Waals surface area contributed by atoms with E-state index in [1.165, 1.54) is 7.11 Å². The summed E-state index contributed by atoms with van der Waals surface area (Å²) in [5, 5.41) is 18.5. The molecule has 2 N–H and O–H groups in total. The van der Waals surface area contributed by atoms with Gasteiger partial charge in [0, 0.05) is 5.56 Å². The van der Waals surface area contributed by atoms with Crippen LogP contribution in [-0.4, -0.2) is 29.3 Å². The maximum absolute atomic E-state index is 11.5. The van der Waals surface area contributed by atoms with E-state index in [2.05, 4.69) is 0 Å². The highest BCUT2D eigenvalue weighted by Gasteiger charge is 2.66. The number of ether oxygens (including phenoxy) is 1. The van der Waals surface area contributed by atoms with Gasteiger partial charge < -0.3 is 14.9 Å². The second-order valence-electron chi connectivity index (χ2n) is 4.76. The van der Waals surface area contributed by atoms with Crippen molar-refractivity contribution in [2.45, 2.75) is 25.2 Å². The highest BCUT2D eigenvalue weighted by molar-refractivity contribution is 5.95. The summed E-state index contributed by atoms with van der Waals surface area (Å²) in [5.74, 6) is -2.63. The Balaban J connectivity index is 2.55. The summed E-state index contributed by atoms with van der Waals surface area (Å²) in [6.07, 6.45) is 0.867. The Hall–Kier alpha value is -2.04. The van der Waals surface area contributed by atoms with Gasteiger partial charge in [0.2, 0.25) is 0 Å². The van der Waals surface area contributed by atoms with Gasteiger partial charge in [0.05, 0.1) is 13.0 Å². The number of methoxy groups -OCH3 is 1. The summed E-state index contributed by atoms with van der Waals surface area (Å²) in [4.78, 5) is 22.7. The summed E-state index contributed by atoms with van der Waals surface area (Å²) in [5.41, 5.74) is 0.0873. The Morgan fingerprint density at radius 3 is 2.53 bits per heavy atom. The van der Waals surface area contributed by atoms with Gasteiger partial charge in [-0.25, -0.2) is 0 Å². The van der Waals surface area contributed by atoms with Gasteiger partial charge in [0.1, 0.15) is 11.2 Å². The first-order valence-corrected chi connectivity index (χ1v) is 6.11. The fraction of sp³-hybridized carbons (Fsp3) is 0.429. The van der Waals surface area contributed by atoms with Crippen molar-refractivity contribution < 1.29 is 24.5 Å². The zero-order valence-corrected chi connectivity index (χ0v) is 10.8. The van der Waals surface area contributed by atoms with E-state index >= 15 is 0 Å². The lowest BCUT2D eigenvalue weighted by Gasteiger charge is -2.17. The van der Waals surface area contributed by atoms with Gasteiger partial charge in [0.15, 0.2) is 0 Å². The first-order chi connectivity index (χ1) is 8.97. The predicted molar refractivity (Wildman–Crippen MR) is 67.4 cm³/mol. The number of rotatable bonds is 5. The van der Waals surface area contributed by atoms with E-state index in [4.69, 9.17) is 9.84 Å². The van der Waals surface area contributed by atoms with Crippen molar-refractivity contribution in [1.29, 1.82) is 0 Å². The van der Waals surface area contributed by atoms with Gasteiger partial charge in [-0.15, -0.1) is 0 Å². The minimum Gasteiger partial charge on any atom is -0.496 e. The standard InChI is InChI=1S/C14H16O5/c1-3-8-4-5-11(19-2)9(6-8)14(13(17)18)7-10(14)12(15)16/h4-6,10H,3,7H2,1-2H3,(H,15,16)(H,17,18). The van der Waals surface area contributed by atoms with Crippen LogP contribution in [0.25, 0.3) is 0 Å². The molecule has 2 unspecified atom stereocenters. The van der Waals surface area contributed by atoms with Gasteiger partial charge >= 0.3 is 11.9 Å². The molecule has 2 atom stereocenters. The predicted octanol–water partition coefficient (Wildman–Crippen LogP) is 1.68. The van der Waals surface area contributed by atoms with Gasteiger partial charge in [-0.05, 0) is 24.5 Å². The molecule has 1 fully saturated rings. The molecule has 5 nitrogen and oxygen atoms in total. The topological polar surface area (TPSA) is 83.8 Å². The van der Waals surface area contributed by atoms with Crippen LogP contribution in [0.3, 0.4) is 0 Å². The first kappa shape index (κ1) is 13.4. The number of aryl methyl sites for hydroxylation is 1. The Morgan fingerprint density at radius 2 is 2.11 bits per heavy atom. The molecule has 5 heteroatoms. The van der Waals surface area contributed by atoms with Crippen LogP contribution in [0, 0.1) is 5.92 Å². The molecule has 0 radical (unpaired) electrons. The van der Waals surface area contributed by atoms with Gasteiger partial charge in [-0.1, -0.05) is 19.1 Å². The lowest BCUT2D eigenvalue weighted by atomic mass is 9.90. The SMILES string of the molecule is CCc1ccc(OC)c(C2(C(=O)O)CC2C(=O)O)c1. The second-order valence-corrected chi connectivity index (χ2v) is 4.76. The number of carboxylic acids is 2. The van der Waals surface area contributed by atoms with Gasteiger partial charge in [-0.2, -0.15) is 0 Å². The Bertz CT molecular complexity index is 537. The third-order valence-electron chi connectivity index (χ3n) is 3.79. The molecule has 1 aromatic rings. The Morgan fingerprint density at radius 1 is 1.42 bits per heavy atom. The third kappa shape index (κ3) is 1.95. The van der Waals surface area contributed by atoms with Crippen molar-refractivity contribution in [3.8, 4) is 5.75 Å². The van der Waals surface area contributed by atoms with Crippen molar-refractivity contribution in [1.82, 2.24) is 0 Å². The molecule has 0 aromatic heterocycles. The Kier molecular flexibility index (Phi) is 3.22. The third-order valence-corrected chi connectivity index (χ3v) is 3.79. The fourth-order valence-electron chi connectivity index (χ4n) is 2.53. The van der Waals surface area contributed by atoms with E-state index in [1.807, 2.05) is 13.0 Å². The molecule has 0 heterocycles. The van der Waals surface area contributed by atoms with E-state index in [1.54, 1.807) is 12.1 Å². The van der Waals surface area contributed by atoms with Crippen LogP contribution in [-0.2, 0) is 21.4 Å². The van der Waals surface area contributed by atoms with Gasteiger partial charge in [0.25, 0.3) is 0 Å². The van der Waals surface area contributed by atoms with Gasteiger partial charge in [-0.3, -0.25) is 9.59 Å². The molecule has 1 saturated carbocycles. The molecular weight excluding hydrogens is 248 g/mol. The van der Waals surface area contributed by atoms with Crippen molar-refractivity contribution in [2.24, 2.45) is 5.92 Å². The van der Waals surface area contributed by atoms with E-state index in [0.717, 1.165) is 12.0 Å². The monoisotopic (exact) mass is 264 g/mol. The fourth-order valence-corrected chi connectivity index (χ4v) is 2.53. The first-order valence-electron chi connectivity index (χ1n) is 6.11. The van der Waals surface area contributed by atoms with Crippen LogP contribution in [0.15, 0.2) is 18.2 Å². The van der Waals surface area contributed by atoms with E-state index < -0.39 is 23.3 Å². The molecular formula is C14H16O5. The highest BCUT2D eigenvalue weighted by Crippen LogP contribution is 2.57. The maximum atomic E-state index is 11.5. The summed E-state index contributed by atoms with van der Waals surface area (Å²) in [6, 6.07) is 5.31. The summed E-state index contributed by atoms with van der Waals surface area (Å²) < 4.78 is 5.19. The number of benzene rings is 1. The second kappa shape index (κ2) is 4.57. The molecule has 0 aliphatic heterocycles. The lowest BCUT2D eigenvalue weighted by Crippen LogP contribution is -2.26. The molecule has 1 aliphatic rings. The van der Waals surface area contributed by atoms with Crippen LogP contribution < -0.4 is 4.74 Å². The normalized spacial score (nSPS) is 24.8. The van der Waals surface area contributed by atoms with E-state index in [0.29, 0.717) is 11.3 Å². The quantitative estimate of drug-likeness (QED) is 0.845. The van der Waals surface area contributed by atoms with Crippen LogP contribution in [0.1, 0.15) is 24.5 Å². The number of carbonyl (C=O) groups is 2. The maximum Gasteiger partial charge on any atom is 0.315 e. The van der Waals surface area contributed by atoms with Crippen LogP contribution in [0.4, 0.5) is 0 Å². The molecule has 0 amide bonds. The zero-order valence-electron chi connectivity index (χ0n) is 10.8. The molecule has 0 bridgehead atoms. The van der Waals surface area contributed by atoms with Crippen molar-refractivity contribution in [2.75, 3.05) is 7.11 Å². The zero-order chi connectivity index (χ0) is 14.2. The molecule has 0 spiro atoms. The van der Waals surface area contributed by atoms with E-state index in [9.17, 15) is 14.7 Å². The molecule has 19 heavy (non-hydrogen) atoms. The summed E-state index contributed by atoms with van der Waals surface area (Å²) in [6.45, 7) is 1.96. The molecule has 2 rings (SSSR count).